The number of pyridine rings is 1. The molecule has 2 aliphatic heterocycles. The van der Waals surface area contributed by atoms with Gasteiger partial charge in [-0.05, 0) is 52.8 Å². The maximum Gasteiger partial charge on any atom is 0.161 e. The van der Waals surface area contributed by atoms with Crippen molar-refractivity contribution in [3.05, 3.63) is 65.5 Å². The summed E-state index contributed by atoms with van der Waals surface area (Å²) in [6, 6.07) is 13.1. The number of ether oxygens (including phenoxy) is 2. The Balaban J connectivity index is 1.62. The third-order valence-electron chi connectivity index (χ3n) is 4.86. The Labute approximate surface area is 140 Å². The van der Waals surface area contributed by atoms with E-state index in [1.54, 1.807) is 0 Å². The lowest BCUT2D eigenvalue weighted by molar-refractivity contribution is 0.171. The van der Waals surface area contributed by atoms with Gasteiger partial charge >= 0.3 is 0 Å². The molecule has 0 bridgehead atoms. The summed E-state index contributed by atoms with van der Waals surface area (Å²) in [4.78, 5) is 4.19. The first-order valence-corrected chi connectivity index (χ1v) is 8.38. The second kappa shape index (κ2) is 5.49. The first-order valence-electron chi connectivity index (χ1n) is 8.38. The Morgan fingerprint density at radius 2 is 1.83 bits per heavy atom. The smallest absolute Gasteiger partial charge is 0.161 e. The molecule has 1 atom stereocenters. The zero-order valence-corrected chi connectivity index (χ0v) is 13.3. The van der Waals surface area contributed by atoms with E-state index < -0.39 is 0 Å². The molecule has 120 valence electrons. The highest BCUT2D eigenvalue weighted by Gasteiger charge is 2.25. The van der Waals surface area contributed by atoms with E-state index in [4.69, 9.17) is 9.47 Å². The number of nitrogens with one attached hydrogen (secondary N) is 1. The van der Waals surface area contributed by atoms with Crippen LogP contribution in [0.1, 0.15) is 22.7 Å². The molecule has 5 rings (SSSR count). The lowest BCUT2D eigenvalue weighted by Gasteiger charge is -2.30. The highest BCUT2D eigenvalue weighted by Crippen LogP contribution is 2.39. The SMILES string of the molecule is c1cc2cc(C3NCCc4cc5c(cc43)OCCO5)ccc2cn1. The average molecular weight is 318 g/mol. The van der Waals surface area contributed by atoms with Gasteiger partial charge in [0.05, 0.1) is 6.04 Å². The topological polar surface area (TPSA) is 43.4 Å². The molecular formula is C20H18N2O2. The molecule has 24 heavy (non-hydrogen) atoms. The van der Waals surface area contributed by atoms with Gasteiger partial charge in [-0.2, -0.15) is 0 Å². The van der Waals surface area contributed by atoms with Crippen LogP contribution in [0.5, 0.6) is 11.5 Å². The van der Waals surface area contributed by atoms with Crippen molar-refractivity contribution >= 4 is 10.8 Å². The van der Waals surface area contributed by atoms with Crippen LogP contribution in [-0.4, -0.2) is 24.7 Å². The minimum atomic E-state index is 0.183. The summed E-state index contributed by atoms with van der Waals surface area (Å²) in [6.45, 7) is 2.21. The van der Waals surface area contributed by atoms with E-state index in [1.807, 2.05) is 12.4 Å². The van der Waals surface area contributed by atoms with Crippen LogP contribution < -0.4 is 14.8 Å². The summed E-state index contributed by atoms with van der Waals surface area (Å²) in [5, 5.41) is 6.03. The number of rotatable bonds is 1. The Morgan fingerprint density at radius 1 is 0.958 bits per heavy atom. The van der Waals surface area contributed by atoms with Gasteiger partial charge < -0.3 is 14.8 Å². The lowest BCUT2D eigenvalue weighted by Crippen LogP contribution is -2.31. The molecule has 1 N–H and O–H groups in total. The summed E-state index contributed by atoms with van der Waals surface area (Å²) < 4.78 is 11.5. The second-order valence-corrected chi connectivity index (χ2v) is 6.31. The number of hydrogen-bond acceptors (Lipinski definition) is 4. The zero-order chi connectivity index (χ0) is 15.9. The number of nitrogens with zero attached hydrogens (tertiary/aromatic N) is 1. The highest BCUT2D eigenvalue weighted by atomic mass is 16.6. The molecule has 0 amide bonds. The van der Waals surface area contributed by atoms with Gasteiger partial charge in [-0.1, -0.05) is 12.1 Å². The van der Waals surface area contributed by atoms with Crippen molar-refractivity contribution in [3.63, 3.8) is 0 Å². The van der Waals surface area contributed by atoms with Gasteiger partial charge in [0.15, 0.2) is 11.5 Å². The van der Waals surface area contributed by atoms with Gasteiger partial charge in [-0.15, -0.1) is 0 Å². The summed E-state index contributed by atoms with van der Waals surface area (Å²) in [5.41, 5.74) is 3.91. The van der Waals surface area contributed by atoms with E-state index in [1.165, 1.54) is 27.5 Å². The molecule has 0 fully saturated rings. The number of benzene rings is 2. The predicted octanol–water partition coefficient (Wildman–Crippen LogP) is 3.24. The number of aromatic nitrogens is 1. The first kappa shape index (κ1) is 13.8. The van der Waals surface area contributed by atoms with Crippen molar-refractivity contribution in [2.24, 2.45) is 0 Å². The van der Waals surface area contributed by atoms with Crippen molar-refractivity contribution < 1.29 is 9.47 Å². The Morgan fingerprint density at radius 3 is 2.75 bits per heavy atom. The van der Waals surface area contributed by atoms with Crippen molar-refractivity contribution in [1.82, 2.24) is 10.3 Å². The largest absolute Gasteiger partial charge is 0.486 e. The van der Waals surface area contributed by atoms with Gasteiger partial charge in [0.25, 0.3) is 0 Å². The molecule has 0 radical (unpaired) electrons. The van der Waals surface area contributed by atoms with Gasteiger partial charge in [-0.25, -0.2) is 0 Å². The van der Waals surface area contributed by atoms with Crippen LogP contribution >= 0.6 is 0 Å². The molecule has 3 heterocycles. The molecule has 1 unspecified atom stereocenters. The minimum Gasteiger partial charge on any atom is -0.486 e. The van der Waals surface area contributed by atoms with E-state index in [0.29, 0.717) is 13.2 Å². The maximum atomic E-state index is 5.78. The van der Waals surface area contributed by atoms with E-state index in [0.717, 1.165) is 24.5 Å². The van der Waals surface area contributed by atoms with Crippen molar-refractivity contribution in [1.29, 1.82) is 0 Å². The first-order chi connectivity index (χ1) is 11.9. The number of hydrogen-bond donors (Lipinski definition) is 1. The maximum absolute atomic E-state index is 5.78. The van der Waals surface area contributed by atoms with Crippen molar-refractivity contribution in [2.45, 2.75) is 12.5 Å². The van der Waals surface area contributed by atoms with Crippen LogP contribution in [0.2, 0.25) is 0 Å². The van der Waals surface area contributed by atoms with Crippen LogP contribution in [0.3, 0.4) is 0 Å². The van der Waals surface area contributed by atoms with Gasteiger partial charge in [0, 0.05) is 24.3 Å². The van der Waals surface area contributed by atoms with Crippen LogP contribution in [-0.2, 0) is 6.42 Å². The van der Waals surface area contributed by atoms with Crippen LogP contribution in [0.25, 0.3) is 10.8 Å². The van der Waals surface area contributed by atoms with Gasteiger partial charge in [0.2, 0.25) is 0 Å². The summed E-state index contributed by atoms with van der Waals surface area (Å²) in [5.74, 6) is 1.74. The van der Waals surface area contributed by atoms with E-state index in [-0.39, 0.29) is 6.04 Å². The summed E-state index contributed by atoms with van der Waals surface area (Å²) >= 11 is 0. The quantitative estimate of drug-likeness (QED) is 0.748. The summed E-state index contributed by atoms with van der Waals surface area (Å²) in [7, 11) is 0. The van der Waals surface area contributed by atoms with E-state index in [2.05, 4.69) is 46.7 Å². The normalized spacial score (nSPS) is 19.1. The van der Waals surface area contributed by atoms with Crippen molar-refractivity contribution in [2.75, 3.05) is 19.8 Å². The Hall–Kier alpha value is -2.59. The second-order valence-electron chi connectivity index (χ2n) is 6.31. The van der Waals surface area contributed by atoms with Crippen LogP contribution in [0, 0.1) is 0 Å². The standard InChI is InChI=1S/C20H18N2O2/c1-2-16-12-21-5-3-13(16)9-15(1)20-17-11-19-18(23-7-8-24-19)10-14(17)4-6-22-20/h1-3,5,9-12,20,22H,4,6-8H2. The predicted molar refractivity (Wildman–Crippen MR) is 92.7 cm³/mol. The molecule has 2 aromatic carbocycles. The van der Waals surface area contributed by atoms with Gasteiger partial charge in [0.1, 0.15) is 13.2 Å². The molecule has 0 saturated heterocycles. The minimum absolute atomic E-state index is 0.183. The molecular weight excluding hydrogens is 300 g/mol. The highest BCUT2D eigenvalue weighted by molar-refractivity contribution is 5.82. The molecule has 2 aliphatic rings. The Bertz CT molecular complexity index is 923. The number of fused-ring (bicyclic) bond motifs is 3. The monoisotopic (exact) mass is 318 g/mol. The molecule has 0 spiro atoms. The van der Waals surface area contributed by atoms with E-state index in [9.17, 15) is 0 Å². The average Bonchev–Trinajstić information content (AvgIpc) is 2.65. The molecule has 4 heteroatoms. The zero-order valence-electron chi connectivity index (χ0n) is 13.3. The third kappa shape index (κ3) is 2.22. The molecule has 0 saturated carbocycles. The fourth-order valence-corrected chi connectivity index (χ4v) is 3.67. The van der Waals surface area contributed by atoms with Crippen LogP contribution in [0.4, 0.5) is 0 Å². The molecule has 0 aliphatic carbocycles. The summed E-state index contributed by atoms with van der Waals surface area (Å²) in [6.07, 6.45) is 4.76. The van der Waals surface area contributed by atoms with E-state index >= 15 is 0 Å². The lowest BCUT2D eigenvalue weighted by atomic mass is 9.88. The molecule has 4 nitrogen and oxygen atoms in total. The third-order valence-corrected chi connectivity index (χ3v) is 4.86. The van der Waals surface area contributed by atoms with Crippen molar-refractivity contribution in [3.8, 4) is 11.5 Å². The Kier molecular flexibility index (Phi) is 3.16. The van der Waals surface area contributed by atoms with Crippen LogP contribution in [0.15, 0.2) is 48.8 Å². The molecule has 1 aromatic heterocycles. The fourth-order valence-electron chi connectivity index (χ4n) is 3.67. The molecule has 3 aromatic rings. The van der Waals surface area contributed by atoms with Gasteiger partial charge in [-0.3, -0.25) is 4.98 Å². The fraction of sp³-hybridized carbons (Fsp3) is 0.250.